The van der Waals surface area contributed by atoms with Crippen LogP contribution < -0.4 is 14.8 Å². The van der Waals surface area contributed by atoms with Crippen LogP contribution >= 0.6 is 0 Å². The summed E-state index contributed by atoms with van der Waals surface area (Å²) in [5.74, 6) is -0.0488. The second-order valence-corrected chi connectivity index (χ2v) is 6.11. The first kappa shape index (κ1) is 19.2. The summed E-state index contributed by atoms with van der Waals surface area (Å²) in [6.45, 7) is 2.39. The molecule has 0 unspecified atom stereocenters. The van der Waals surface area contributed by atoms with E-state index in [4.69, 9.17) is 9.47 Å². The molecule has 0 fully saturated rings. The van der Waals surface area contributed by atoms with E-state index in [1.54, 1.807) is 18.3 Å². The first-order valence-corrected chi connectivity index (χ1v) is 9.03. The van der Waals surface area contributed by atoms with Gasteiger partial charge >= 0.3 is 0 Å². The molecule has 4 heterocycles. The molecular weight excluding hydrogens is 391 g/mol. The zero-order valence-corrected chi connectivity index (χ0v) is 16.2. The summed E-state index contributed by atoms with van der Waals surface area (Å²) < 4.78 is 25.9. The molecule has 152 valence electrons. The van der Waals surface area contributed by atoms with Crippen LogP contribution in [0.25, 0.3) is 16.9 Å². The summed E-state index contributed by atoms with van der Waals surface area (Å²) >= 11 is 0. The number of methoxy groups -OCH3 is 1. The summed E-state index contributed by atoms with van der Waals surface area (Å²) in [5, 5.41) is 2.60. The number of amides is 1. The first-order valence-electron chi connectivity index (χ1n) is 9.03. The van der Waals surface area contributed by atoms with Crippen molar-refractivity contribution in [1.82, 2.24) is 24.3 Å². The number of imidazole rings is 1. The van der Waals surface area contributed by atoms with Crippen LogP contribution in [0.3, 0.4) is 0 Å². The molecule has 0 atom stereocenters. The number of carbonyl (C=O) groups excluding carboxylic acids is 1. The number of hydrogen-bond donors (Lipinski definition) is 1. The van der Waals surface area contributed by atoms with E-state index in [9.17, 15) is 9.18 Å². The van der Waals surface area contributed by atoms with Crippen LogP contribution in [0.5, 0.6) is 11.8 Å². The van der Waals surface area contributed by atoms with Crippen molar-refractivity contribution in [2.75, 3.05) is 19.0 Å². The lowest BCUT2D eigenvalue weighted by molar-refractivity contribution is 0.102. The van der Waals surface area contributed by atoms with Crippen LogP contribution in [0.4, 0.5) is 10.2 Å². The molecule has 9 nitrogen and oxygen atoms in total. The predicted molar refractivity (Wildman–Crippen MR) is 106 cm³/mol. The van der Waals surface area contributed by atoms with Crippen molar-refractivity contribution in [3.05, 3.63) is 60.6 Å². The van der Waals surface area contributed by atoms with Gasteiger partial charge in [0, 0.05) is 23.9 Å². The maximum Gasteiger partial charge on any atom is 0.277 e. The summed E-state index contributed by atoms with van der Waals surface area (Å²) in [4.78, 5) is 29.3. The SMILES string of the molecule is CCOc1ccc(-c2cncc(C(=O)Nc3cn4c(OC)ccc(F)c4n3)n2)cn1. The Morgan fingerprint density at radius 3 is 2.77 bits per heavy atom. The summed E-state index contributed by atoms with van der Waals surface area (Å²) in [7, 11) is 1.46. The van der Waals surface area contributed by atoms with Crippen molar-refractivity contribution in [2.24, 2.45) is 0 Å². The van der Waals surface area contributed by atoms with Crippen molar-refractivity contribution in [2.45, 2.75) is 6.92 Å². The lowest BCUT2D eigenvalue weighted by Crippen LogP contribution is -2.14. The molecule has 0 radical (unpaired) electrons. The summed E-state index contributed by atoms with van der Waals surface area (Å²) in [6, 6.07) is 6.20. The molecule has 0 aliphatic heterocycles. The second-order valence-electron chi connectivity index (χ2n) is 6.11. The second kappa shape index (κ2) is 8.11. The number of aromatic nitrogens is 5. The molecular formula is C20H17FN6O3. The largest absolute Gasteiger partial charge is 0.482 e. The van der Waals surface area contributed by atoms with Gasteiger partial charge < -0.3 is 14.8 Å². The maximum atomic E-state index is 14.0. The van der Waals surface area contributed by atoms with Gasteiger partial charge in [-0.1, -0.05) is 0 Å². The van der Waals surface area contributed by atoms with Crippen molar-refractivity contribution >= 4 is 17.4 Å². The van der Waals surface area contributed by atoms with E-state index in [-0.39, 0.29) is 17.2 Å². The Morgan fingerprint density at radius 2 is 2.03 bits per heavy atom. The van der Waals surface area contributed by atoms with Crippen molar-refractivity contribution in [1.29, 1.82) is 0 Å². The van der Waals surface area contributed by atoms with Gasteiger partial charge in [0.15, 0.2) is 23.2 Å². The molecule has 0 aromatic carbocycles. The highest BCUT2D eigenvalue weighted by Gasteiger charge is 2.15. The minimum absolute atomic E-state index is 0.0324. The Bertz CT molecular complexity index is 1210. The number of hydrogen-bond acceptors (Lipinski definition) is 7. The predicted octanol–water partition coefficient (Wildman–Crippen LogP) is 2.99. The summed E-state index contributed by atoms with van der Waals surface area (Å²) in [6.07, 6.45) is 5.91. The molecule has 0 saturated carbocycles. The molecule has 4 aromatic rings. The molecule has 0 spiro atoms. The zero-order valence-electron chi connectivity index (χ0n) is 16.2. The molecule has 0 bridgehead atoms. The van der Waals surface area contributed by atoms with Gasteiger partial charge in [-0.25, -0.2) is 19.3 Å². The molecule has 0 saturated heterocycles. The van der Waals surface area contributed by atoms with Gasteiger partial charge in [-0.2, -0.15) is 0 Å². The number of pyridine rings is 2. The highest BCUT2D eigenvalue weighted by molar-refractivity contribution is 6.02. The van der Waals surface area contributed by atoms with Crippen LogP contribution in [0, 0.1) is 5.82 Å². The lowest BCUT2D eigenvalue weighted by atomic mass is 10.2. The van der Waals surface area contributed by atoms with Crippen molar-refractivity contribution < 1.29 is 18.7 Å². The minimum atomic E-state index is -0.541. The standard InChI is InChI=1S/C20H17FN6O3/c1-3-30-17-6-4-12(8-23-17)14-9-22-10-15(24-14)20(28)26-16-11-27-18(29-2)7-5-13(21)19(27)25-16/h4-11H,3H2,1-2H3,(H,26,28). The van der Waals surface area contributed by atoms with E-state index in [0.717, 1.165) is 0 Å². The molecule has 4 aromatic heterocycles. The molecule has 1 N–H and O–H groups in total. The normalized spacial score (nSPS) is 10.8. The first-order chi connectivity index (χ1) is 14.6. The number of rotatable bonds is 6. The zero-order chi connectivity index (χ0) is 21.1. The average molecular weight is 408 g/mol. The monoisotopic (exact) mass is 408 g/mol. The van der Waals surface area contributed by atoms with Gasteiger partial charge in [-0.3, -0.25) is 14.2 Å². The van der Waals surface area contributed by atoms with Crippen LogP contribution in [-0.4, -0.2) is 44.0 Å². The van der Waals surface area contributed by atoms with Crippen LogP contribution in [0.2, 0.25) is 0 Å². The summed E-state index contributed by atoms with van der Waals surface area (Å²) in [5.41, 5.74) is 1.26. The highest BCUT2D eigenvalue weighted by atomic mass is 19.1. The number of nitrogens with one attached hydrogen (secondary N) is 1. The van der Waals surface area contributed by atoms with E-state index >= 15 is 0 Å². The fourth-order valence-corrected chi connectivity index (χ4v) is 2.80. The molecule has 4 rings (SSSR count). The Kier molecular flexibility index (Phi) is 5.21. The minimum Gasteiger partial charge on any atom is -0.482 e. The lowest BCUT2D eigenvalue weighted by Gasteiger charge is -2.05. The fourth-order valence-electron chi connectivity index (χ4n) is 2.80. The highest BCUT2D eigenvalue weighted by Crippen LogP contribution is 2.21. The fraction of sp³-hybridized carbons (Fsp3) is 0.150. The number of ether oxygens (including phenoxy) is 2. The third kappa shape index (κ3) is 3.75. The van der Waals surface area contributed by atoms with Gasteiger partial charge in [0.25, 0.3) is 5.91 Å². The number of fused-ring (bicyclic) bond motifs is 1. The van der Waals surface area contributed by atoms with Crippen molar-refractivity contribution in [3.8, 4) is 23.0 Å². The van der Waals surface area contributed by atoms with E-state index in [1.807, 2.05) is 6.92 Å². The van der Waals surface area contributed by atoms with Gasteiger partial charge in [0.05, 0.1) is 38.0 Å². The molecule has 1 amide bonds. The van der Waals surface area contributed by atoms with E-state index in [1.165, 1.54) is 42.2 Å². The number of carbonyl (C=O) groups is 1. The Balaban J connectivity index is 1.58. The van der Waals surface area contributed by atoms with Crippen LogP contribution in [-0.2, 0) is 0 Å². The van der Waals surface area contributed by atoms with E-state index in [0.29, 0.717) is 29.6 Å². The quantitative estimate of drug-likeness (QED) is 0.523. The number of anilines is 1. The van der Waals surface area contributed by atoms with Crippen molar-refractivity contribution in [3.63, 3.8) is 0 Å². The van der Waals surface area contributed by atoms with Crippen LogP contribution in [0.1, 0.15) is 17.4 Å². The molecule has 30 heavy (non-hydrogen) atoms. The molecule has 0 aliphatic carbocycles. The topological polar surface area (TPSA) is 104 Å². The van der Waals surface area contributed by atoms with Gasteiger partial charge in [0.1, 0.15) is 5.69 Å². The van der Waals surface area contributed by atoms with Gasteiger partial charge in [-0.15, -0.1) is 0 Å². The average Bonchev–Trinajstić information content (AvgIpc) is 3.19. The third-order valence-electron chi connectivity index (χ3n) is 4.17. The molecule has 0 aliphatic rings. The van der Waals surface area contributed by atoms with Gasteiger partial charge in [-0.05, 0) is 19.1 Å². The number of halogens is 1. The Labute approximate surface area is 170 Å². The Hall–Kier alpha value is -4.08. The van der Waals surface area contributed by atoms with Gasteiger partial charge in [0.2, 0.25) is 5.88 Å². The third-order valence-corrected chi connectivity index (χ3v) is 4.17. The van der Waals surface area contributed by atoms with E-state index in [2.05, 4.69) is 25.3 Å². The van der Waals surface area contributed by atoms with E-state index < -0.39 is 11.7 Å². The van der Waals surface area contributed by atoms with Crippen LogP contribution in [0.15, 0.2) is 49.1 Å². The molecule has 10 heteroatoms. The Morgan fingerprint density at radius 1 is 1.17 bits per heavy atom. The maximum absolute atomic E-state index is 14.0. The number of nitrogens with zero attached hydrogens (tertiary/aromatic N) is 5. The smallest absolute Gasteiger partial charge is 0.277 e.